The highest BCUT2D eigenvalue weighted by atomic mass is 35.5. The van der Waals surface area contributed by atoms with E-state index < -0.39 is 0 Å². The molecule has 1 aromatic heterocycles. The van der Waals surface area contributed by atoms with E-state index in [9.17, 15) is 9.59 Å². The van der Waals surface area contributed by atoms with Gasteiger partial charge in [-0.1, -0.05) is 41.1 Å². The third kappa shape index (κ3) is 4.31. The number of carbonyl (C=O) groups is 1. The first-order valence-electron chi connectivity index (χ1n) is 8.40. The number of aryl methyl sites for hydroxylation is 1. The number of thiazole rings is 1. The molecule has 8 heteroatoms. The van der Waals surface area contributed by atoms with Gasteiger partial charge in [0.1, 0.15) is 0 Å². The Labute approximate surface area is 168 Å². The van der Waals surface area contributed by atoms with Crippen LogP contribution >= 0.6 is 35.3 Å². The van der Waals surface area contributed by atoms with Crippen molar-refractivity contribution in [3.8, 4) is 0 Å². The summed E-state index contributed by atoms with van der Waals surface area (Å²) in [5, 5.41) is 4.01. The van der Waals surface area contributed by atoms with E-state index in [2.05, 4.69) is 5.32 Å². The number of hydrogen-bond acceptors (Lipinski definition) is 4. The zero-order valence-electron chi connectivity index (χ0n) is 14.8. The van der Waals surface area contributed by atoms with Gasteiger partial charge in [-0.2, -0.15) is 0 Å². The number of nitrogens with zero attached hydrogens (tertiary/aromatic N) is 2. The maximum Gasteiger partial charge on any atom is 0.307 e. The molecule has 0 bridgehead atoms. The average molecular weight is 416 g/mol. The van der Waals surface area contributed by atoms with Gasteiger partial charge in [0.15, 0.2) is 0 Å². The average Bonchev–Trinajstić information content (AvgIpc) is 2.85. The summed E-state index contributed by atoms with van der Waals surface area (Å²) in [6.45, 7) is 6.38. The van der Waals surface area contributed by atoms with Gasteiger partial charge < -0.3 is 14.8 Å². The smallest absolute Gasteiger partial charge is 0.307 e. The molecule has 1 aliphatic rings. The Morgan fingerprint density at radius 3 is 2.73 bits per heavy atom. The van der Waals surface area contributed by atoms with Crippen molar-refractivity contribution < 1.29 is 4.79 Å². The minimum absolute atomic E-state index is 0. The Morgan fingerprint density at radius 1 is 1.35 bits per heavy atom. The Balaban J connectivity index is 0.00000243. The summed E-state index contributed by atoms with van der Waals surface area (Å²) in [6, 6.07) is 7.58. The lowest BCUT2D eigenvalue weighted by Crippen LogP contribution is -2.49. The van der Waals surface area contributed by atoms with Gasteiger partial charge in [0.2, 0.25) is 5.91 Å². The first-order chi connectivity index (χ1) is 12.0. The molecule has 1 atom stereocenters. The molecule has 1 fully saturated rings. The molecule has 5 nitrogen and oxygen atoms in total. The quantitative estimate of drug-likeness (QED) is 0.833. The fourth-order valence-electron chi connectivity index (χ4n) is 3.22. The molecule has 2 aromatic rings. The first-order valence-corrected chi connectivity index (χ1v) is 9.60. The molecular formula is C18H23Cl2N3O2S. The lowest BCUT2D eigenvalue weighted by molar-refractivity contribution is -0.134. The molecule has 0 radical (unpaired) electrons. The number of aromatic nitrogens is 1. The third-order valence-corrected chi connectivity index (χ3v) is 6.09. The monoisotopic (exact) mass is 415 g/mol. The van der Waals surface area contributed by atoms with Crippen LogP contribution in [0.4, 0.5) is 0 Å². The van der Waals surface area contributed by atoms with E-state index in [4.69, 9.17) is 11.6 Å². The highest BCUT2D eigenvalue weighted by Crippen LogP contribution is 2.29. The molecule has 26 heavy (non-hydrogen) atoms. The molecule has 1 aliphatic heterocycles. The molecule has 1 unspecified atom stereocenters. The van der Waals surface area contributed by atoms with Crippen LogP contribution in [0.25, 0.3) is 0 Å². The van der Waals surface area contributed by atoms with Crippen LogP contribution in [0.2, 0.25) is 5.02 Å². The lowest BCUT2D eigenvalue weighted by atomic mass is 10.0. The van der Waals surface area contributed by atoms with Gasteiger partial charge in [0, 0.05) is 48.2 Å². The molecule has 0 saturated carbocycles. The van der Waals surface area contributed by atoms with Gasteiger partial charge in [-0.05, 0) is 25.5 Å². The van der Waals surface area contributed by atoms with Gasteiger partial charge in [-0.15, -0.1) is 12.4 Å². The Bertz CT molecular complexity index is 834. The van der Waals surface area contributed by atoms with Crippen molar-refractivity contribution >= 4 is 41.3 Å². The van der Waals surface area contributed by atoms with Crippen LogP contribution in [0.3, 0.4) is 0 Å². The summed E-state index contributed by atoms with van der Waals surface area (Å²) in [7, 11) is 0. The number of rotatable bonds is 4. The van der Waals surface area contributed by atoms with Crippen LogP contribution < -0.4 is 10.2 Å². The highest BCUT2D eigenvalue weighted by Gasteiger charge is 2.29. The summed E-state index contributed by atoms with van der Waals surface area (Å²) < 4.78 is 1.70. The number of halogens is 2. The van der Waals surface area contributed by atoms with Crippen LogP contribution in [-0.4, -0.2) is 35.0 Å². The second kappa shape index (κ2) is 9.04. The Morgan fingerprint density at radius 2 is 2.08 bits per heavy atom. The van der Waals surface area contributed by atoms with Crippen molar-refractivity contribution in [2.24, 2.45) is 0 Å². The van der Waals surface area contributed by atoms with E-state index >= 15 is 0 Å². The summed E-state index contributed by atoms with van der Waals surface area (Å²) in [5.41, 5.74) is 1.91. The molecule has 0 spiro atoms. The van der Waals surface area contributed by atoms with Crippen molar-refractivity contribution in [1.82, 2.24) is 14.8 Å². The molecule has 142 valence electrons. The van der Waals surface area contributed by atoms with E-state index in [0.29, 0.717) is 31.1 Å². The van der Waals surface area contributed by atoms with Crippen LogP contribution in [-0.2, 0) is 11.3 Å². The number of hydrogen-bond donors (Lipinski definition) is 1. The molecule has 0 aliphatic carbocycles. The fraction of sp³-hybridized carbons (Fsp3) is 0.444. The van der Waals surface area contributed by atoms with E-state index in [1.54, 1.807) is 4.57 Å². The molecule has 1 saturated heterocycles. The van der Waals surface area contributed by atoms with Crippen LogP contribution in [0.1, 0.15) is 28.6 Å². The maximum absolute atomic E-state index is 12.8. The van der Waals surface area contributed by atoms with Crippen LogP contribution in [0, 0.1) is 13.8 Å². The Hall–Kier alpha value is -1.34. The molecule has 1 amide bonds. The lowest BCUT2D eigenvalue weighted by Gasteiger charge is -2.37. The van der Waals surface area contributed by atoms with Crippen LogP contribution in [0.15, 0.2) is 29.1 Å². The van der Waals surface area contributed by atoms with Gasteiger partial charge in [-0.25, -0.2) is 0 Å². The summed E-state index contributed by atoms with van der Waals surface area (Å²) in [5.74, 6) is 0.0570. The maximum atomic E-state index is 12.8. The van der Waals surface area contributed by atoms with E-state index in [-0.39, 0.29) is 29.2 Å². The van der Waals surface area contributed by atoms with E-state index in [1.165, 1.54) is 11.3 Å². The number of amides is 1. The minimum atomic E-state index is -0.0722. The minimum Gasteiger partial charge on any atom is -0.333 e. The van der Waals surface area contributed by atoms with Gasteiger partial charge in [-0.3, -0.25) is 9.59 Å². The summed E-state index contributed by atoms with van der Waals surface area (Å²) >= 11 is 7.57. The molecule has 3 rings (SSSR count). The predicted octanol–water partition coefficient (Wildman–Crippen LogP) is 3.17. The fourth-order valence-corrected chi connectivity index (χ4v) is 4.34. The number of nitrogens with one attached hydrogen (secondary N) is 1. The normalized spacial score (nSPS) is 17.0. The Kier molecular flexibility index (Phi) is 7.29. The number of benzene rings is 1. The van der Waals surface area contributed by atoms with E-state index in [1.807, 2.05) is 43.0 Å². The second-order valence-corrected chi connectivity index (χ2v) is 7.81. The predicted molar refractivity (Wildman–Crippen MR) is 109 cm³/mol. The summed E-state index contributed by atoms with van der Waals surface area (Å²) in [6.07, 6.45) is 0.317. The van der Waals surface area contributed by atoms with Crippen molar-refractivity contribution in [2.75, 3.05) is 19.6 Å². The van der Waals surface area contributed by atoms with Crippen molar-refractivity contribution in [1.29, 1.82) is 0 Å². The second-order valence-electron chi connectivity index (χ2n) is 6.24. The standard InChI is InChI=1S/C18H22ClN3O2S.ClH/c1-12-13(2)25-18(24)21(12)9-7-17(23)22-10-8-20-11-16(22)14-5-3-4-6-15(14)19;/h3-6,16,20H,7-11H2,1-2H3;1H. The zero-order chi connectivity index (χ0) is 18.0. The summed E-state index contributed by atoms with van der Waals surface area (Å²) in [4.78, 5) is 27.7. The van der Waals surface area contributed by atoms with Crippen molar-refractivity contribution in [3.63, 3.8) is 0 Å². The van der Waals surface area contributed by atoms with Gasteiger partial charge in [0.05, 0.1) is 6.04 Å². The van der Waals surface area contributed by atoms with Crippen molar-refractivity contribution in [3.05, 3.63) is 55.1 Å². The highest BCUT2D eigenvalue weighted by molar-refractivity contribution is 7.09. The molecular weight excluding hydrogens is 393 g/mol. The largest absolute Gasteiger partial charge is 0.333 e. The van der Waals surface area contributed by atoms with Crippen molar-refractivity contribution in [2.45, 2.75) is 32.9 Å². The van der Waals surface area contributed by atoms with Crippen LogP contribution in [0.5, 0.6) is 0 Å². The van der Waals surface area contributed by atoms with Gasteiger partial charge >= 0.3 is 4.87 Å². The topological polar surface area (TPSA) is 54.3 Å². The number of piperazine rings is 1. The third-order valence-electron chi connectivity index (χ3n) is 4.75. The van der Waals surface area contributed by atoms with Gasteiger partial charge in [0.25, 0.3) is 0 Å². The zero-order valence-corrected chi connectivity index (χ0v) is 17.2. The molecule has 1 N–H and O–H groups in total. The SMILES string of the molecule is Cc1sc(=O)n(CCC(=O)N2CCNCC2c2ccccc2Cl)c1C.Cl. The molecule has 1 aromatic carbocycles. The number of carbonyl (C=O) groups excluding carboxylic acids is 1. The van der Waals surface area contributed by atoms with E-state index in [0.717, 1.165) is 22.7 Å². The first kappa shape index (κ1) is 21.0. The molecule has 2 heterocycles.